The Balaban J connectivity index is 2.14. The number of urea groups is 1. The Labute approximate surface area is 183 Å². The zero-order valence-corrected chi connectivity index (χ0v) is 19.3. The third kappa shape index (κ3) is 6.53. The van der Waals surface area contributed by atoms with Crippen molar-refractivity contribution in [3.05, 3.63) is 20.8 Å². The zero-order chi connectivity index (χ0) is 22.1. The number of amides is 3. The van der Waals surface area contributed by atoms with Gasteiger partial charge in [-0.3, -0.25) is 19.5 Å². The number of thiophene rings is 1. The lowest BCUT2D eigenvalue weighted by atomic mass is 10.2. The Kier molecular flexibility index (Phi) is 9.76. The van der Waals surface area contributed by atoms with E-state index in [-0.39, 0.29) is 11.3 Å². The summed E-state index contributed by atoms with van der Waals surface area (Å²) in [5.74, 6) is -0.506. The lowest BCUT2D eigenvalue weighted by Crippen LogP contribution is -2.41. The number of fused-ring (bicyclic) bond motifs is 1. The summed E-state index contributed by atoms with van der Waals surface area (Å²) in [5, 5.41) is 5.86. The van der Waals surface area contributed by atoms with E-state index in [1.807, 2.05) is 20.8 Å². The van der Waals surface area contributed by atoms with Crippen LogP contribution in [0.15, 0.2) is 9.95 Å². The van der Waals surface area contributed by atoms with Crippen molar-refractivity contribution in [1.29, 1.82) is 0 Å². The molecule has 11 heteroatoms. The van der Waals surface area contributed by atoms with Gasteiger partial charge in [-0.05, 0) is 32.8 Å². The SMILES string of the molecule is CCOCCCn1c(SCC(=O)NC(=O)NCCOC)nc2sc(C)c(C)c2c1=O. The number of hydrogen-bond acceptors (Lipinski definition) is 8. The van der Waals surface area contributed by atoms with E-state index in [1.165, 1.54) is 18.4 Å². The standard InChI is InChI=1S/C19H28N4O5S2/c1-5-28-9-6-8-23-17(25)15-12(2)13(3)30-16(15)22-19(23)29-11-14(24)21-18(26)20-7-10-27-4/h5-11H2,1-4H3,(H2,20,21,24,26). The van der Waals surface area contributed by atoms with E-state index < -0.39 is 11.9 Å². The van der Waals surface area contributed by atoms with Crippen LogP contribution in [0.25, 0.3) is 10.2 Å². The largest absolute Gasteiger partial charge is 0.383 e. The van der Waals surface area contributed by atoms with Crippen molar-refractivity contribution in [2.24, 2.45) is 0 Å². The maximum atomic E-state index is 13.1. The highest BCUT2D eigenvalue weighted by Crippen LogP contribution is 2.28. The minimum Gasteiger partial charge on any atom is -0.383 e. The molecule has 0 spiro atoms. The molecule has 2 heterocycles. The summed E-state index contributed by atoms with van der Waals surface area (Å²) in [6, 6.07) is -0.584. The van der Waals surface area contributed by atoms with Crippen LogP contribution in [-0.2, 0) is 20.8 Å². The van der Waals surface area contributed by atoms with Crippen LogP contribution in [0.5, 0.6) is 0 Å². The van der Waals surface area contributed by atoms with Crippen LogP contribution in [0, 0.1) is 13.8 Å². The van der Waals surface area contributed by atoms with E-state index in [4.69, 9.17) is 9.47 Å². The quantitative estimate of drug-likeness (QED) is 0.302. The summed E-state index contributed by atoms with van der Waals surface area (Å²) in [4.78, 5) is 43.3. The number of nitrogens with zero attached hydrogens (tertiary/aromatic N) is 2. The topological polar surface area (TPSA) is 112 Å². The third-order valence-electron chi connectivity index (χ3n) is 4.31. The van der Waals surface area contributed by atoms with Gasteiger partial charge in [0.15, 0.2) is 5.16 Å². The number of nitrogens with one attached hydrogen (secondary N) is 2. The first-order chi connectivity index (χ1) is 14.4. The molecule has 30 heavy (non-hydrogen) atoms. The van der Waals surface area contributed by atoms with Crippen LogP contribution in [0.3, 0.4) is 0 Å². The summed E-state index contributed by atoms with van der Waals surface area (Å²) in [6.07, 6.45) is 0.658. The Hall–Kier alpha value is -1.95. The predicted molar refractivity (Wildman–Crippen MR) is 119 cm³/mol. The molecule has 0 aliphatic carbocycles. The van der Waals surface area contributed by atoms with Crippen LogP contribution < -0.4 is 16.2 Å². The fraction of sp³-hybridized carbons (Fsp3) is 0.579. The average Bonchev–Trinajstić information content (AvgIpc) is 2.99. The van der Waals surface area contributed by atoms with Crippen molar-refractivity contribution >= 4 is 45.3 Å². The van der Waals surface area contributed by atoms with Gasteiger partial charge in [-0.25, -0.2) is 9.78 Å². The number of thioether (sulfide) groups is 1. The molecule has 0 saturated heterocycles. The first-order valence-electron chi connectivity index (χ1n) is 9.66. The molecule has 0 saturated carbocycles. The lowest BCUT2D eigenvalue weighted by Gasteiger charge is -2.12. The Morgan fingerprint density at radius 2 is 2.03 bits per heavy atom. The summed E-state index contributed by atoms with van der Waals surface area (Å²) in [5.41, 5.74) is 0.826. The number of carbonyl (C=O) groups excluding carboxylic acids is 2. The molecule has 0 radical (unpaired) electrons. The fourth-order valence-electron chi connectivity index (χ4n) is 2.69. The number of methoxy groups -OCH3 is 1. The number of rotatable bonds is 11. The number of aromatic nitrogens is 2. The Bertz CT molecular complexity index is 941. The van der Waals surface area contributed by atoms with E-state index >= 15 is 0 Å². The van der Waals surface area contributed by atoms with Gasteiger partial charge in [0, 0.05) is 38.3 Å². The maximum Gasteiger partial charge on any atom is 0.321 e. The molecule has 0 aliphatic rings. The first kappa shape index (κ1) is 24.3. The van der Waals surface area contributed by atoms with Gasteiger partial charge in [-0.15, -0.1) is 11.3 Å². The third-order valence-corrected chi connectivity index (χ3v) is 6.38. The molecule has 0 bridgehead atoms. The monoisotopic (exact) mass is 456 g/mol. The van der Waals surface area contributed by atoms with Crippen LogP contribution in [0.4, 0.5) is 4.79 Å². The van der Waals surface area contributed by atoms with E-state index in [0.29, 0.717) is 54.7 Å². The molecule has 2 aromatic heterocycles. The molecule has 0 aliphatic heterocycles. The van der Waals surface area contributed by atoms with Crippen LogP contribution in [0.1, 0.15) is 23.8 Å². The predicted octanol–water partition coefficient (Wildman–Crippen LogP) is 2.07. The van der Waals surface area contributed by atoms with Gasteiger partial charge < -0.3 is 14.8 Å². The van der Waals surface area contributed by atoms with E-state index in [0.717, 1.165) is 22.2 Å². The molecule has 9 nitrogen and oxygen atoms in total. The van der Waals surface area contributed by atoms with Gasteiger partial charge in [0.05, 0.1) is 17.7 Å². The number of hydrogen-bond donors (Lipinski definition) is 2. The fourth-order valence-corrected chi connectivity index (χ4v) is 4.58. The van der Waals surface area contributed by atoms with Crippen molar-refractivity contribution < 1.29 is 19.1 Å². The lowest BCUT2D eigenvalue weighted by molar-refractivity contribution is -0.117. The summed E-state index contributed by atoms with van der Waals surface area (Å²) in [7, 11) is 1.52. The van der Waals surface area contributed by atoms with Crippen LogP contribution in [-0.4, -0.2) is 60.7 Å². The summed E-state index contributed by atoms with van der Waals surface area (Å²) < 4.78 is 11.8. The molecule has 2 aromatic rings. The van der Waals surface area contributed by atoms with Crippen LogP contribution in [0.2, 0.25) is 0 Å². The van der Waals surface area contributed by atoms with Crippen LogP contribution >= 0.6 is 23.1 Å². The molecule has 2 N–H and O–H groups in total. The average molecular weight is 457 g/mol. The van der Waals surface area contributed by atoms with Gasteiger partial charge in [0.1, 0.15) is 4.83 Å². The zero-order valence-electron chi connectivity index (χ0n) is 17.7. The second-order valence-electron chi connectivity index (χ2n) is 6.45. The number of carbonyl (C=O) groups is 2. The van der Waals surface area contributed by atoms with Gasteiger partial charge >= 0.3 is 6.03 Å². The molecule has 0 unspecified atom stereocenters. The summed E-state index contributed by atoms with van der Waals surface area (Å²) in [6.45, 7) is 8.05. The minimum atomic E-state index is -0.584. The van der Waals surface area contributed by atoms with E-state index in [2.05, 4.69) is 15.6 Å². The molecule has 3 amide bonds. The smallest absolute Gasteiger partial charge is 0.321 e. The molecule has 2 rings (SSSR count). The Morgan fingerprint density at radius 3 is 2.73 bits per heavy atom. The number of aryl methyl sites for hydroxylation is 2. The maximum absolute atomic E-state index is 13.1. The summed E-state index contributed by atoms with van der Waals surface area (Å²) >= 11 is 2.60. The molecule has 166 valence electrons. The molecule has 0 atom stereocenters. The second-order valence-corrected chi connectivity index (χ2v) is 8.60. The second kappa shape index (κ2) is 12.0. The van der Waals surface area contributed by atoms with Crippen molar-refractivity contribution in [3.63, 3.8) is 0 Å². The van der Waals surface area contributed by atoms with E-state index in [9.17, 15) is 14.4 Å². The van der Waals surface area contributed by atoms with Crippen molar-refractivity contribution in [2.45, 2.75) is 38.9 Å². The Morgan fingerprint density at radius 1 is 1.27 bits per heavy atom. The minimum absolute atomic E-state index is 0.0373. The normalized spacial score (nSPS) is 11.1. The van der Waals surface area contributed by atoms with Crippen molar-refractivity contribution in [2.75, 3.05) is 39.2 Å². The number of ether oxygens (including phenoxy) is 2. The number of imide groups is 1. The van der Waals surface area contributed by atoms with Crippen molar-refractivity contribution in [3.8, 4) is 0 Å². The molecular weight excluding hydrogens is 428 g/mol. The van der Waals surface area contributed by atoms with E-state index in [1.54, 1.807) is 4.57 Å². The molecule has 0 aromatic carbocycles. The molecular formula is C19H28N4O5S2. The highest BCUT2D eigenvalue weighted by molar-refractivity contribution is 7.99. The van der Waals surface area contributed by atoms with Crippen molar-refractivity contribution in [1.82, 2.24) is 20.2 Å². The molecule has 0 fully saturated rings. The van der Waals surface area contributed by atoms with Gasteiger partial charge in [0.2, 0.25) is 5.91 Å². The van der Waals surface area contributed by atoms with Gasteiger partial charge in [-0.1, -0.05) is 11.8 Å². The first-order valence-corrected chi connectivity index (χ1v) is 11.5. The van der Waals surface area contributed by atoms with Gasteiger partial charge in [0.25, 0.3) is 5.56 Å². The highest BCUT2D eigenvalue weighted by atomic mass is 32.2. The van der Waals surface area contributed by atoms with Gasteiger partial charge in [-0.2, -0.15) is 0 Å². The highest BCUT2D eigenvalue weighted by Gasteiger charge is 2.18.